The van der Waals surface area contributed by atoms with Gasteiger partial charge >= 0.3 is 5.97 Å². The molecule has 7 heteroatoms. The molecule has 3 heterocycles. The molecule has 0 spiro atoms. The summed E-state index contributed by atoms with van der Waals surface area (Å²) in [6.07, 6.45) is 1.49. The lowest BCUT2D eigenvalue weighted by Gasteiger charge is -2.02. The van der Waals surface area contributed by atoms with Crippen molar-refractivity contribution in [2.75, 3.05) is 7.11 Å². The van der Waals surface area contributed by atoms with E-state index in [1.807, 2.05) is 31.3 Å². The van der Waals surface area contributed by atoms with Gasteiger partial charge in [0.1, 0.15) is 17.0 Å². The number of pyridine rings is 1. The highest BCUT2D eigenvalue weighted by molar-refractivity contribution is 6.03. The van der Waals surface area contributed by atoms with Crippen LogP contribution in [0.5, 0.6) is 5.75 Å². The summed E-state index contributed by atoms with van der Waals surface area (Å²) < 4.78 is 7.16. The van der Waals surface area contributed by atoms with Crippen molar-refractivity contribution in [1.82, 2.24) is 19.7 Å². The Bertz CT molecular complexity index is 1090. The van der Waals surface area contributed by atoms with Crippen LogP contribution in [0.2, 0.25) is 0 Å². The van der Waals surface area contributed by atoms with Crippen molar-refractivity contribution in [3.05, 3.63) is 42.1 Å². The van der Waals surface area contributed by atoms with Gasteiger partial charge in [-0.25, -0.2) is 4.79 Å². The molecule has 0 radical (unpaired) electrons. The summed E-state index contributed by atoms with van der Waals surface area (Å²) in [5.74, 6) is -0.266. The van der Waals surface area contributed by atoms with Crippen LogP contribution in [-0.2, 0) is 7.05 Å². The third-order valence-corrected chi connectivity index (χ3v) is 4.05. The number of ether oxygens (including phenoxy) is 1. The number of aromatic carboxylic acids is 1. The van der Waals surface area contributed by atoms with E-state index < -0.39 is 5.97 Å². The van der Waals surface area contributed by atoms with Crippen LogP contribution in [0.25, 0.3) is 33.3 Å². The van der Waals surface area contributed by atoms with E-state index in [-0.39, 0.29) is 5.56 Å². The van der Waals surface area contributed by atoms with E-state index in [0.717, 1.165) is 22.3 Å². The van der Waals surface area contributed by atoms with Crippen molar-refractivity contribution in [2.45, 2.75) is 0 Å². The first-order valence-corrected chi connectivity index (χ1v) is 7.31. The molecule has 0 amide bonds. The first kappa shape index (κ1) is 14.3. The second-order valence-corrected chi connectivity index (χ2v) is 5.44. The Labute approximate surface area is 136 Å². The van der Waals surface area contributed by atoms with Crippen LogP contribution in [0, 0.1) is 0 Å². The Morgan fingerprint density at radius 3 is 2.92 bits per heavy atom. The fourth-order valence-electron chi connectivity index (χ4n) is 3.00. The van der Waals surface area contributed by atoms with Gasteiger partial charge in [-0.05, 0) is 18.2 Å². The average molecular weight is 322 g/mol. The highest BCUT2D eigenvalue weighted by Crippen LogP contribution is 2.33. The van der Waals surface area contributed by atoms with Crippen LogP contribution in [0.1, 0.15) is 10.4 Å². The van der Waals surface area contributed by atoms with Gasteiger partial charge in [-0.3, -0.25) is 9.67 Å². The van der Waals surface area contributed by atoms with Gasteiger partial charge in [0.15, 0.2) is 0 Å². The molecule has 4 aromatic rings. The number of hydrogen-bond donors (Lipinski definition) is 2. The van der Waals surface area contributed by atoms with Crippen LogP contribution in [0.15, 0.2) is 36.5 Å². The maximum absolute atomic E-state index is 11.4. The van der Waals surface area contributed by atoms with E-state index in [2.05, 4.69) is 15.1 Å². The van der Waals surface area contributed by atoms with Gasteiger partial charge in [0.05, 0.1) is 29.4 Å². The summed E-state index contributed by atoms with van der Waals surface area (Å²) in [4.78, 5) is 18.8. The molecule has 0 saturated carbocycles. The van der Waals surface area contributed by atoms with Crippen LogP contribution in [0.4, 0.5) is 0 Å². The summed E-state index contributed by atoms with van der Waals surface area (Å²) >= 11 is 0. The highest BCUT2D eigenvalue weighted by Gasteiger charge is 2.18. The zero-order valence-corrected chi connectivity index (χ0v) is 13.1. The molecule has 0 atom stereocenters. The Kier molecular flexibility index (Phi) is 3.02. The molecule has 0 bridgehead atoms. The van der Waals surface area contributed by atoms with Crippen molar-refractivity contribution in [3.63, 3.8) is 0 Å². The number of fused-ring (bicyclic) bond motifs is 2. The lowest BCUT2D eigenvalue weighted by molar-refractivity contribution is 0.0698. The topological polar surface area (TPSA) is 93.0 Å². The van der Waals surface area contributed by atoms with E-state index in [0.29, 0.717) is 16.7 Å². The summed E-state index contributed by atoms with van der Waals surface area (Å²) in [6, 6.07) is 9.02. The Morgan fingerprint density at radius 1 is 1.33 bits per heavy atom. The number of aryl methyl sites for hydroxylation is 1. The first-order chi connectivity index (χ1) is 11.6. The molecular formula is C17H14N4O3. The molecule has 0 saturated heterocycles. The molecular weight excluding hydrogens is 308 g/mol. The number of methoxy groups -OCH3 is 1. The van der Waals surface area contributed by atoms with Crippen molar-refractivity contribution < 1.29 is 14.6 Å². The number of aromatic amines is 1. The molecule has 0 aliphatic carbocycles. The molecule has 0 aliphatic rings. The average Bonchev–Trinajstić information content (AvgIpc) is 3.15. The molecule has 3 aromatic heterocycles. The minimum atomic E-state index is -0.997. The third kappa shape index (κ3) is 1.95. The van der Waals surface area contributed by atoms with Crippen molar-refractivity contribution in [3.8, 4) is 17.1 Å². The number of H-pyrrole nitrogens is 1. The molecule has 24 heavy (non-hydrogen) atoms. The first-order valence-electron chi connectivity index (χ1n) is 7.31. The number of aromatic nitrogens is 4. The lowest BCUT2D eigenvalue weighted by atomic mass is 10.1. The third-order valence-electron chi connectivity index (χ3n) is 4.05. The lowest BCUT2D eigenvalue weighted by Crippen LogP contribution is -1.97. The number of benzene rings is 1. The van der Waals surface area contributed by atoms with Crippen LogP contribution in [0.3, 0.4) is 0 Å². The molecule has 0 aliphatic heterocycles. The summed E-state index contributed by atoms with van der Waals surface area (Å²) in [7, 11) is 3.46. The van der Waals surface area contributed by atoms with Crippen LogP contribution >= 0.6 is 0 Å². The van der Waals surface area contributed by atoms with E-state index >= 15 is 0 Å². The van der Waals surface area contributed by atoms with Gasteiger partial charge < -0.3 is 14.8 Å². The van der Waals surface area contributed by atoms with Crippen LogP contribution < -0.4 is 4.74 Å². The fourth-order valence-corrected chi connectivity index (χ4v) is 3.00. The molecule has 0 unspecified atom stereocenters. The van der Waals surface area contributed by atoms with Crippen molar-refractivity contribution >= 4 is 27.9 Å². The van der Waals surface area contributed by atoms with E-state index in [1.54, 1.807) is 11.8 Å². The SMILES string of the molecule is COc1cccc2c(-c3cc4nccc(C(=O)O)c4[nH]3)nn(C)c12. The molecule has 1 aromatic carbocycles. The van der Waals surface area contributed by atoms with Crippen molar-refractivity contribution in [1.29, 1.82) is 0 Å². The standard InChI is InChI=1S/C17H14N4O3/c1-21-16-9(4-3-5-13(16)24-2)15(20-21)12-8-11-14(19-12)10(17(22)23)6-7-18-11/h3-8,19H,1-2H3,(H,22,23). The maximum atomic E-state index is 11.4. The number of carbonyl (C=O) groups is 1. The zero-order chi connectivity index (χ0) is 16.8. The monoisotopic (exact) mass is 322 g/mol. The second kappa shape index (κ2) is 5.09. The van der Waals surface area contributed by atoms with E-state index in [9.17, 15) is 9.90 Å². The molecule has 7 nitrogen and oxygen atoms in total. The minimum Gasteiger partial charge on any atom is -0.494 e. The number of carboxylic acid groups (broad SMARTS) is 1. The quantitative estimate of drug-likeness (QED) is 0.605. The highest BCUT2D eigenvalue weighted by atomic mass is 16.5. The fraction of sp³-hybridized carbons (Fsp3) is 0.118. The predicted octanol–water partition coefficient (Wildman–Crippen LogP) is 2.82. The van der Waals surface area contributed by atoms with Gasteiger partial charge in [0.2, 0.25) is 0 Å². The smallest absolute Gasteiger partial charge is 0.337 e. The van der Waals surface area contributed by atoms with Gasteiger partial charge in [0.25, 0.3) is 0 Å². The summed E-state index contributed by atoms with van der Waals surface area (Å²) in [6.45, 7) is 0. The molecule has 4 rings (SSSR count). The van der Waals surface area contributed by atoms with E-state index in [4.69, 9.17) is 4.74 Å². The summed E-state index contributed by atoms with van der Waals surface area (Å²) in [5, 5.41) is 14.8. The van der Waals surface area contributed by atoms with Crippen LogP contribution in [-0.4, -0.2) is 37.9 Å². The molecule has 120 valence electrons. The number of nitrogens with one attached hydrogen (secondary N) is 1. The number of hydrogen-bond acceptors (Lipinski definition) is 4. The normalized spacial score (nSPS) is 11.2. The van der Waals surface area contributed by atoms with Gasteiger partial charge in [-0.1, -0.05) is 12.1 Å². The largest absolute Gasteiger partial charge is 0.494 e. The number of carboxylic acids is 1. The Hall–Kier alpha value is -3.35. The Morgan fingerprint density at radius 2 is 2.17 bits per heavy atom. The van der Waals surface area contributed by atoms with E-state index in [1.165, 1.54) is 12.3 Å². The minimum absolute atomic E-state index is 0.184. The van der Waals surface area contributed by atoms with Gasteiger partial charge in [-0.15, -0.1) is 0 Å². The number of para-hydroxylation sites is 1. The zero-order valence-electron chi connectivity index (χ0n) is 13.1. The summed E-state index contributed by atoms with van der Waals surface area (Å²) in [5.41, 5.74) is 3.57. The number of rotatable bonds is 3. The Balaban J connectivity index is 2.00. The van der Waals surface area contributed by atoms with Crippen molar-refractivity contribution in [2.24, 2.45) is 7.05 Å². The maximum Gasteiger partial charge on any atom is 0.337 e. The molecule has 2 N–H and O–H groups in total. The molecule has 0 fully saturated rings. The van der Waals surface area contributed by atoms with Gasteiger partial charge in [0, 0.05) is 18.6 Å². The second-order valence-electron chi connectivity index (χ2n) is 5.44. The number of nitrogens with zero attached hydrogens (tertiary/aromatic N) is 3. The van der Waals surface area contributed by atoms with Gasteiger partial charge in [-0.2, -0.15) is 5.10 Å². The predicted molar refractivity (Wildman–Crippen MR) is 89.3 cm³/mol.